The minimum absolute atomic E-state index is 0. The zero-order chi connectivity index (χ0) is 6.27. The molecule has 0 atom stereocenters. The number of fused-ring (bicyclic) bond motifs is 1. The number of benzene rings is 1. The first kappa shape index (κ1) is 7.09. The molecular weight excluding hydrogens is 126 g/mol. The maximum absolute atomic E-state index is 5.10. The van der Waals surface area contributed by atoms with Crippen LogP contribution in [-0.4, -0.2) is 7.11 Å². The van der Waals surface area contributed by atoms with Gasteiger partial charge < -0.3 is 10.9 Å². The Kier molecular flexibility index (Phi) is 1.64. The topological polar surface area (TPSA) is 44.2 Å². The maximum atomic E-state index is 5.10. The number of methoxy groups -OCH3 is 1. The van der Waals surface area contributed by atoms with E-state index in [0.717, 1.165) is 12.2 Å². The summed E-state index contributed by atoms with van der Waals surface area (Å²) in [5.41, 5.74) is 2.83. The minimum atomic E-state index is 0. The minimum Gasteiger partial charge on any atom is -0.496 e. The molecule has 3 N–H and O–H groups in total. The Morgan fingerprint density at radius 2 is 2.20 bits per heavy atom. The maximum Gasteiger partial charge on any atom is 0.122 e. The van der Waals surface area contributed by atoms with Crippen LogP contribution in [0.5, 0.6) is 5.75 Å². The van der Waals surface area contributed by atoms with Crippen molar-refractivity contribution in [2.45, 2.75) is 6.42 Å². The first-order valence-corrected chi connectivity index (χ1v) is 3.06. The van der Waals surface area contributed by atoms with Crippen LogP contribution in [0.15, 0.2) is 18.2 Å². The first-order valence-electron chi connectivity index (χ1n) is 3.06. The summed E-state index contributed by atoms with van der Waals surface area (Å²) in [5.74, 6) is 1.05. The van der Waals surface area contributed by atoms with E-state index >= 15 is 0 Å². The average molecular weight is 137 g/mol. The summed E-state index contributed by atoms with van der Waals surface area (Å²) < 4.78 is 5.10. The quantitative estimate of drug-likeness (QED) is 0.650. The summed E-state index contributed by atoms with van der Waals surface area (Å²) in [6.45, 7) is 0. The SMILES string of the molecule is COc1cccc2c1C2.N. The lowest BCUT2D eigenvalue weighted by Gasteiger charge is -1.94. The van der Waals surface area contributed by atoms with Gasteiger partial charge in [-0.05, 0) is 11.6 Å². The van der Waals surface area contributed by atoms with Gasteiger partial charge in [-0.3, -0.25) is 0 Å². The van der Waals surface area contributed by atoms with E-state index in [1.165, 1.54) is 11.1 Å². The number of rotatable bonds is 1. The lowest BCUT2D eigenvalue weighted by molar-refractivity contribution is 0.414. The van der Waals surface area contributed by atoms with E-state index in [0.29, 0.717) is 0 Å². The van der Waals surface area contributed by atoms with Gasteiger partial charge in [-0.2, -0.15) is 0 Å². The van der Waals surface area contributed by atoms with Gasteiger partial charge in [0.2, 0.25) is 0 Å². The van der Waals surface area contributed by atoms with E-state index in [1.807, 2.05) is 12.1 Å². The van der Waals surface area contributed by atoms with Crippen molar-refractivity contribution in [3.05, 3.63) is 29.3 Å². The summed E-state index contributed by atoms with van der Waals surface area (Å²) in [6, 6.07) is 6.17. The van der Waals surface area contributed by atoms with Crippen molar-refractivity contribution in [2.24, 2.45) is 0 Å². The smallest absolute Gasteiger partial charge is 0.122 e. The second-order valence-corrected chi connectivity index (χ2v) is 2.27. The summed E-state index contributed by atoms with van der Waals surface area (Å²) in [5, 5.41) is 0. The Balaban J connectivity index is 0.000000500. The fourth-order valence-corrected chi connectivity index (χ4v) is 1.09. The zero-order valence-electron chi connectivity index (χ0n) is 6.05. The molecule has 2 rings (SSSR count). The van der Waals surface area contributed by atoms with Crippen LogP contribution >= 0.6 is 0 Å². The van der Waals surface area contributed by atoms with Crippen LogP contribution in [-0.2, 0) is 6.42 Å². The van der Waals surface area contributed by atoms with Gasteiger partial charge in [-0.1, -0.05) is 12.1 Å². The monoisotopic (exact) mass is 137 g/mol. The van der Waals surface area contributed by atoms with Crippen LogP contribution in [0, 0.1) is 0 Å². The van der Waals surface area contributed by atoms with Crippen molar-refractivity contribution in [1.82, 2.24) is 6.15 Å². The summed E-state index contributed by atoms with van der Waals surface area (Å²) in [6.07, 6.45) is 1.14. The first-order chi connectivity index (χ1) is 4.42. The fraction of sp³-hybridized carbons (Fsp3) is 0.250. The Morgan fingerprint density at radius 1 is 1.40 bits per heavy atom. The highest BCUT2D eigenvalue weighted by atomic mass is 16.5. The third kappa shape index (κ3) is 0.866. The molecule has 0 unspecified atom stereocenters. The molecule has 2 nitrogen and oxygen atoms in total. The van der Waals surface area contributed by atoms with Gasteiger partial charge >= 0.3 is 0 Å². The molecule has 1 aromatic carbocycles. The molecule has 1 aliphatic carbocycles. The molecule has 0 saturated carbocycles. The molecule has 0 aromatic heterocycles. The molecule has 1 aliphatic rings. The molecule has 54 valence electrons. The summed E-state index contributed by atoms with van der Waals surface area (Å²) >= 11 is 0. The third-order valence-corrected chi connectivity index (χ3v) is 1.69. The second-order valence-electron chi connectivity index (χ2n) is 2.27. The van der Waals surface area contributed by atoms with Crippen LogP contribution in [0.1, 0.15) is 11.1 Å². The largest absolute Gasteiger partial charge is 0.496 e. The molecule has 0 spiro atoms. The fourth-order valence-electron chi connectivity index (χ4n) is 1.09. The highest BCUT2D eigenvalue weighted by Gasteiger charge is 2.20. The van der Waals surface area contributed by atoms with E-state index in [9.17, 15) is 0 Å². The predicted octanol–water partition coefficient (Wildman–Crippen LogP) is 1.76. The van der Waals surface area contributed by atoms with Crippen molar-refractivity contribution in [3.63, 3.8) is 0 Å². The van der Waals surface area contributed by atoms with Crippen molar-refractivity contribution in [3.8, 4) is 5.75 Å². The van der Waals surface area contributed by atoms with Crippen LogP contribution < -0.4 is 10.9 Å². The van der Waals surface area contributed by atoms with Gasteiger partial charge in [0, 0.05) is 12.0 Å². The normalized spacial score (nSPS) is 11.3. The third-order valence-electron chi connectivity index (χ3n) is 1.69. The predicted molar refractivity (Wildman–Crippen MR) is 40.8 cm³/mol. The van der Waals surface area contributed by atoms with E-state index in [4.69, 9.17) is 4.74 Å². The van der Waals surface area contributed by atoms with Gasteiger partial charge in [0.25, 0.3) is 0 Å². The van der Waals surface area contributed by atoms with E-state index in [-0.39, 0.29) is 6.15 Å². The average Bonchev–Trinajstić information content (AvgIpc) is 2.64. The molecule has 0 bridgehead atoms. The van der Waals surface area contributed by atoms with E-state index in [1.54, 1.807) is 7.11 Å². The Bertz CT molecular complexity index is 245. The van der Waals surface area contributed by atoms with Gasteiger partial charge in [-0.15, -0.1) is 0 Å². The van der Waals surface area contributed by atoms with Crippen LogP contribution in [0.25, 0.3) is 0 Å². The van der Waals surface area contributed by atoms with Crippen LogP contribution in [0.3, 0.4) is 0 Å². The lowest BCUT2D eigenvalue weighted by Crippen LogP contribution is -1.79. The highest BCUT2D eigenvalue weighted by molar-refractivity contribution is 5.54. The Labute approximate surface area is 60.4 Å². The lowest BCUT2D eigenvalue weighted by atomic mass is 10.3. The standard InChI is InChI=1S/C8H8O.H3N/c1-9-8-4-2-3-6-5-7(6)8;/h2-4H,5H2,1H3;1H3. The molecule has 1 aromatic rings. The molecule has 0 aliphatic heterocycles. The van der Waals surface area contributed by atoms with Gasteiger partial charge in [0.15, 0.2) is 0 Å². The number of hydrogen-bond donors (Lipinski definition) is 1. The number of hydrogen-bond acceptors (Lipinski definition) is 2. The molecule has 0 heterocycles. The molecule has 0 saturated heterocycles. The molecule has 2 heteroatoms. The van der Waals surface area contributed by atoms with Crippen molar-refractivity contribution >= 4 is 0 Å². The van der Waals surface area contributed by atoms with Gasteiger partial charge in [0.05, 0.1) is 7.11 Å². The van der Waals surface area contributed by atoms with Crippen molar-refractivity contribution < 1.29 is 4.74 Å². The Hall–Kier alpha value is -1.02. The molecule has 0 radical (unpaired) electrons. The highest BCUT2D eigenvalue weighted by Crippen LogP contribution is 2.35. The Morgan fingerprint density at radius 3 is 2.80 bits per heavy atom. The zero-order valence-corrected chi connectivity index (χ0v) is 6.05. The van der Waals surface area contributed by atoms with Crippen molar-refractivity contribution in [2.75, 3.05) is 7.11 Å². The summed E-state index contributed by atoms with van der Waals surface area (Å²) in [4.78, 5) is 0. The molecular formula is C8H11NO. The van der Waals surface area contributed by atoms with E-state index in [2.05, 4.69) is 6.07 Å². The van der Waals surface area contributed by atoms with Gasteiger partial charge in [0.1, 0.15) is 5.75 Å². The molecule has 0 amide bonds. The van der Waals surface area contributed by atoms with Gasteiger partial charge in [-0.25, -0.2) is 0 Å². The molecule has 0 fully saturated rings. The molecule has 10 heavy (non-hydrogen) atoms. The van der Waals surface area contributed by atoms with Crippen LogP contribution in [0.2, 0.25) is 0 Å². The second kappa shape index (κ2) is 2.31. The van der Waals surface area contributed by atoms with Crippen LogP contribution in [0.4, 0.5) is 0 Å². The van der Waals surface area contributed by atoms with E-state index < -0.39 is 0 Å². The summed E-state index contributed by atoms with van der Waals surface area (Å²) in [7, 11) is 1.72. The van der Waals surface area contributed by atoms with Crippen molar-refractivity contribution in [1.29, 1.82) is 0 Å². The number of ether oxygens (including phenoxy) is 1.